The quantitative estimate of drug-likeness (QED) is 0.166. The SMILES string of the molecule is CC1(C)c2ccccc2-c2ccc(-c3ccc(N(c4ccc(-c5ccc6c(c5)-c5ccccc5C65c6ccccc6-c6c5ccc5ccccc65)cc4)c4ccc5c(c4)C(C)(C)c4ccccc4-5)cc3)cc21. The molecule has 1 spiro atoms. The van der Waals surface area contributed by atoms with Crippen molar-refractivity contribution in [1.29, 1.82) is 0 Å². The zero-order chi connectivity index (χ0) is 48.1. The van der Waals surface area contributed by atoms with Gasteiger partial charge in [-0.1, -0.05) is 216 Å². The van der Waals surface area contributed by atoms with E-state index >= 15 is 0 Å². The maximum atomic E-state index is 2.45. The molecule has 340 valence electrons. The van der Waals surface area contributed by atoms with Gasteiger partial charge in [0.15, 0.2) is 0 Å². The van der Waals surface area contributed by atoms with Crippen LogP contribution in [0.4, 0.5) is 17.1 Å². The van der Waals surface area contributed by atoms with Gasteiger partial charge in [0.1, 0.15) is 0 Å². The molecule has 15 rings (SSSR count). The fourth-order valence-corrected chi connectivity index (χ4v) is 13.9. The maximum absolute atomic E-state index is 2.45. The normalized spacial score (nSPS) is 16.3. The molecule has 4 aliphatic rings. The third kappa shape index (κ3) is 5.49. The zero-order valence-electron chi connectivity index (χ0n) is 41.0. The molecule has 72 heavy (non-hydrogen) atoms. The van der Waals surface area contributed by atoms with Gasteiger partial charge in [-0.25, -0.2) is 0 Å². The lowest BCUT2D eigenvalue weighted by Gasteiger charge is -2.30. The van der Waals surface area contributed by atoms with Gasteiger partial charge in [-0.3, -0.25) is 0 Å². The largest absolute Gasteiger partial charge is 0.310 e. The molecule has 11 aromatic carbocycles. The lowest BCUT2D eigenvalue weighted by molar-refractivity contribution is 0.660. The van der Waals surface area contributed by atoms with Crippen LogP contribution >= 0.6 is 0 Å². The lowest BCUT2D eigenvalue weighted by atomic mass is 9.70. The van der Waals surface area contributed by atoms with Gasteiger partial charge < -0.3 is 4.90 Å². The van der Waals surface area contributed by atoms with Crippen molar-refractivity contribution in [3.8, 4) is 66.8 Å². The third-order valence-corrected chi connectivity index (χ3v) is 17.3. The van der Waals surface area contributed by atoms with Crippen molar-refractivity contribution in [2.45, 2.75) is 43.9 Å². The van der Waals surface area contributed by atoms with Gasteiger partial charge in [0, 0.05) is 27.9 Å². The van der Waals surface area contributed by atoms with E-state index in [9.17, 15) is 0 Å². The van der Waals surface area contributed by atoms with Crippen LogP contribution < -0.4 is 4.90 Å². The molecule has 0 amide bonds. The molecule has 0 aromatic heterocycles. The van der Waals surface area contributed by atoms with E-state index in [0.29, 0.717) is 0 Å². The first-order valence-corrected chi connectivity index (χ1v) is 25.6. The molecule has 0 saturated carbocycles. The molecule has 0 saturated heterocycles. The summed E-state index contributed by atoms with van der Waals surface area (Å²) in [7, 11) is 0. The number of nitrogens with zero attached hydrogens (tertiary/aromatic N) is 1. The highest BCUT2D eigenvalue weighted by atomic mass is 15.1. The number of hydrogen-bond acceptors (Lipinski definition) is 1. The summed E-state index contributed by atoms with van der Waals surface area (Å²) in [6.45, 7) is 9.46. The highest BCUT2D eigenvalue weighted by molar-refractivity contribution is 6.06. The first-order chi connectivity index (χ1) is 35.2. The molecule has 0 radical (unpaired) electrons. The molecule has 1 unspecified atom stereocenters. The van der Waals surface area contributed by atoms with E-state index in [-0.39, 0.29) is 10.8 Å². The van der Waals surface area contributed by atoms with Crippen LogP contribution in [0.1, 0.15) is 72.2 Å². The molecule has 0 heterocycles. The smallest absolute Gasteiger partial charge is 0.0725 e. The number of rotatable bonds is 5. The van der Waals surface area contributed by atoms with Gasteiger partial charge in [-0.05, 0) is 171 Å². The van der Waals surface area contributed by atoms with Crippen LogP contribution in [0.2, 0.25) is 0 Å². The molecule has 0 fully saturated rings. The minimum Gasteiger partial charge on any atom is -0.310 e. The van der Waals surface area contributed by atoms with E-state index in [2.05, 4.69) is 269 Å². The van der Waals surface area contributed by atoms with Crippen molar-refractivity contribution < 1.29 is 0 Å². The van der Waals surface area contributed by atoms with E-state index in [0.717, 1.165) is 17.1 Å². The zero-order valence-corrected chi connectivity index (χ0v) is 41.0. The number of fused-ring (bicyclic) bond motifs is 18. The first kappa shape index (κ1) is 41.3. The average Bonchev–Trinajstić information content (AvgIpc) is 4.06. The van der Waals surface area contributed by atoms with Crippen LogP contribution in [0.15, 0.2) is 237 Å². The van der Waals surface area contributed by atoms with Crippen LogP contribution in [0, 0.1) is 0 Å². The monoisotopic (exact) mass is 917 g/mol. The summed E-state index contributed by atoms with van der Waals surface area (Å²) in [6, 6.07) is 89.6. The first-order valence-electron chi connectivity index (χ1n) is 25.6. The van der Waals surface area contributed by atoms with Crippen molar-refractivity contribution in [2.24, 2.45) is 0 Å². The van der Waals surface area contributed by atoms with Gasteiger partial charge >= 0.3 is 0 Å². The van der Waals surface area contributed by atoms with E-state index in [4.69, 9.17) is 0 Å². The Morgan fingerprint density at radius 1 is 0.264 bits per heavy atom. The molecular weight excluding hydrogens is 867 g/mol. The molecule has 11 aromatic rings. The standard InChI is InChI=1S/C71H51N/c1-69(2)60-21-11-7-17-53(60)56-37-29-48(42-66(56)69)45-27-34-50(35-28-45)72(51-36-38-57-54-18-8-12-22-61(54)70(3,4)67(57)43-51)49-32-25-44(26-33-49)47-31-39-64-59(41-47)55-19-9-13-23-62(55)71(64)63-24-14-10-20-58(63)68-52-16-6-5-15-46(52)30-40-65(68)71/h5-43H,1-4H3. The van der Waals surface area contributed by atoms with E-state index in [1.54, 1.807) is 0 Å². The molecule has 0 aliphatic heterocycles. The summed E-state index contributed by atoms with van der Waals surface area (Å²) in [5.41, 5.74) is 29.4. The van der Waals surface area contributed by atoms with Gasteiger partial charge in [-0.2, -0.15) is 0 Å². The molecule has 1 heteroatoms. The summed E-state index contributed by atoms with van der Waals surface area (Å²) in [5.74, 6) is 0. The molecule has 1 nitrogen and oxygen atoms in total. The Bertz CT molecular complexity index is 4090. The minimum atomic E-state index is -0.394. The molecule has 0 N–H and O–H groups in total. The van der Waals surface area contributed by atoms with Crippen molar-refractivity contribution in [3.05, 3.63) is 281 Å². The fraction of sp³-hybridized carbons (Fsp3) is 0.0986. The summed E-state index contributed by atoms with van der Waals surface area (Å²) >= 11 is 0. The van der Waals surface area contributed by atoms with Crippen molar-refractivity contribution in [1.82, 2.24) is 0 Å². The Balaban J connectivity index is 0.832. The topological polar surface area (TPSA) is 3.24 Å². The van der Waals surface area contributed by atoms with Crippen molar-refractivity contribution in [3.63, 3.8) is 0 Å². The van der Waals surface area contributed by atoms with Gasteiger partial charge in [-0.15, -0.1) is 0 Å². The highest BCUT2D eigenvalue weighted by Gasteiger charge is 2.52. The Hall–Kier alpha value is -8.52. The van der Waals surface area contributed by atoms with Crippen LogP contribution in [0.5, 0.6) is 0 Å². The summed E-state index contributed by atoms with van der Waals surface area (Å²) < 4.78 is 0. The van der Waals surface area contributed by atoms with E-state index < -0.39 is 5.41 Å². The second-order valence-electron chi connectivity index (χ2n) is 21.6. The Labute approximate surface area is 422 Å². The van der Waals surface area contributed by atoms with E-state index in [1.165, 1.54) is 122 Å². The highest BCUT2D eigenvalue weighted by Crippen LogP contribution is 2.64. The van der Waals surface area contributed by atoms with Crippen molar-refractivity contribution in [2.75, 3.05) is 4.90 Å². The Morgan fingerprint density at radius 2 is 0.681 bits per heavy atom. The van der Waals surface area contributed by atoms with Gasteiger partial charge in [0.05, 0.1) is 5.41 Å². The van der Waals surface area contributed by atoms with Crippen LogP contribution in [0.25, 0.3) is 77.5 Å². The van der Waals surface area contributed by atoms with Crippen molar-refractivity contribution >= 4 is 27.8 Å². The van der Waals surface area contributed by atoms with Gasteiger partial charge in [0.2, 0.25) is 0 Å². The van der Waals surface area contributed by atoms with Crippen LogP contribution in [-0.4, -0.2) is 0 Å². The summed E-state index contributed by atoms with van der Waals surface area (Å²) in [5, 5.41) is 2.59. The molecular formula is C71H51N. The number of benzene rings is 11. The molecule has 4 aliphatic carbocycles. The van der Waals surface area contributed by atoms with Crippen LogP contribution in [0.3, 0.4) is 0 Å². The van der Waals surface area contributed by atoms with E-state index in [1.807, 2.05) is 0 Å². The van der Waals surface area contributed by atoms with Crippen LogP contribution in [-0.2, 0) is 16.2 Å². The lowest BCUT2D eigenvalue weighted by Crippen LogP contribution is -2.25. The second kappa shape index (κ2) is 14.8. The summed E-state index contributed by atoms with van der Waals surface area (Å²) in [4.78, 5) is 2.44. The number of hydrogen-bond donors (Lipinski definition) is 0. The summed E-state index contributed by atoms with van der Waals surface area (Å²) in [6.07, 6.45) is 0. The number of anilines is 3. The minimum absolute atomic E-state index is 0.0531. The Kier molecular flexibility index (Phi) is 8.46. The second-order valence-corrected chi connectivity index (χ2v) is 21.6. The predicted molar refractivity (Wildman–Crippen MR) is 301 cm³/mol. The Morgan fingerprint density at radius 3 is 1.32 bits per heavy atom. The fourth-order valence-electron chi connectivity index (χ4n) is 13.9. The average molecular weight is 918 g/mol. The predicted octanol–water partition coefficient (Wildman–Crippen LogP) is 18.6. The van der Waals surface area contributed by atoms with Gasteiger partial charge in [0.25, 0.3) is 0 Å². The third-order valence-electron chi connectivity index (χ3n) is 17.3. The molecule has 1 atom stereocenters. The maximum Gasteiger partial charge on any atom is 0.0725 e. The molecule has 0 bridgehead atoms.